The topological polar surface area (TPSA) is 101 Å². The van der Waals surface area contributed by atoms with Crippen LogP contribution in [0.4, 0.5) is 9.59 Å². The van der Waals surface area contributed by atoms with Gasteiger partial charge in [-0.1, -0.05) is 12.2 Å². The first-order valence-corrected chi connectivity index (χ1v) is 10.6. The van der Waals surface area contributed by atoms with E-state index in [-0.39, 0.29) is 37.4 Å². The van der Waals surface area contributed by atoms with Gasteiger partial charge in [-0.15, -0.1) is 6.58 Å². The van der Waals surface area contributed by atoms with Crippen LogP contribution in [-0.2, 0) is 19.2 Å². The highest BCUT2D eigenvalue weighted by Gasteiger charge is 2.47. The monoisotopic (exact) mass is 436 g/mol. The molecule has 0 aromatic carbocycles. The van der Waals surface area contributed by atoms with Gasteiger partial charge < -0.3 is 14.5 Å². The van der Waals surface area contributed by atoms with Crippen molar-refractivity contribution in [1.29, 1.82) is 0 Å². The Morgan fingerprint density at radius 3 is 2.77 bits per heavy atom. The van der Waals surface area contributed by atoms with Crippen molar-refractivity contribution in [3.8, 4) is 0 Å². The first-order chi connectivity index (χ1) is 14.6. The Kier molecular flexibility index (Phi) is 6.90. The van der Waals surface area contributed by atoms with E-state index in [2.05, 4.69) is 12.1 Å². The summed E-state index contributed by atoms with van der Waals surface area (Å²) in [6, 6.07) is -1.56. The number of carbonyl (C=O) groups excluding carboxylic acids is 3. The van der Waals surface area contributed by atoms with Crippen LogP contribution in [0.2, 0.25) is 0 Å². The summed E-state index contributed by atoms with van der Waals surface area (Å²) in [5, 5.41) is 1.27. The minimum absolute atomic E-state index is 0.144. The van der Waals surface area contributed by atoms with Crippen molar-refractivity contribution in [2.45, 2.75) is 64.3 Å². The van der Waals surface area contributed by atoms with Crippen LogP contribution in [-0.4, -0.2) is 82.9 Å². The van der Waals surface area contributed by atoms with Gasteiger partial charge in [0, 0.05) is 6.54 Å². The molecule has 10 nitrogen and oxygen atoms in total. The molecule has 3 atom stereocenters. The number of nitrogens with zero attached hydrogens (tertiary/aromatic N) is 3. The van der Waals surface area contributed by atoms with E-state index in [0.717, 1.165) is 18.4 Å². The number of likely N-dealkylation sites (tertiary alicyclic amines) is 1. The van der Waals surface area contributed by atoms with E-state index < -0.39 is 17.6 Å². The lowest BCUT2D eigenvalue weighted by Gasteiger charge is -2.30. The number of urea groups is 1. The zero-order chi connectivity index (χ0) is 22.8. The highest BCUT2D eigenvalue weighted by molar-refractivity contribution is 5.91. The largest absolute Gasteiger partial charge is 0.444 e. The number of nitrogens with one attached hydrogen (secondary N) is 1. The minimum atomic E-state index is -0.772. The molecule has 0 aromatic heterocycles. The summed E-state index contributed by atoms with van der Waals surface area (Å²) in [7, 11) is 0. The molecule has 1 N–H and O–H groups in total. The van der Waals surface area contributed by atoms with Gasteiger partial charge in [-0.2, -0.15) is 5.06 Å². The quantitative estimate of drug-likeness (QED) is 0.484. The summed E-state index contributed by atoms with van der Waals surface area (Å²) in [6.07, 6.45) is 4.64. The van der Waals surface area contributed by atoms with Crippen molar-refractivity contribution in [3.05, 3.63) is 24.3 Å². The molecule has 172 valence electrons. The number of hydrogen-bond acceptors (Lipinski definition) is 6. The number of amides is 4. The van der Waals surface area contributed by atoms with E-state index in [1.807, 2.05) is 26.8 Å². The molecule has 2 saturated heterocycles. The fourth-order valence-corrected chi connectivity index (χ4v) is 4.07. The Labute approximate surface area is 182 Å². The number of hydrogen-bond donors (Lipinski definition) is 1. The molecule has 3 aliphatic heterocycles. The zero-order valence-corrected chi connectivity index (χ0v) is 18.6. The summed E-state index contributed by atoms with van der Waals surface area (Å²) >= 11 is 0. The van der Waals surface area contributed by atoms with E-state index in [1.165, 1.54) is 9.96 Å². The number of fused-ring (bicyclic) bond motifs is 2. The third-order valence-electron chi connectivity index (χ3n) is 5.35. The summed E-state index contributed by atoms with van der Waals surface area (Å²) in [5.74, 6) is -0.437. The van der Waals surface area contributed by atoms with Crippen LogP contribution < -0.4 is 5.48 Å². The van der Waals surface area contributed by atoms with Crippen LogP contribution in [0.15, 0.2) is 24.3 Å². The second kappa shape index (κ2) is 9.27. The molecule has 2 bridgehead atoms. The summed E-state index contributed by atoms with van der Waals surface area (Å²) < 4.78 is 5.44. The molecule has 0 spiro atoms. The average Bonchev–Trinajstić information content (AvgIpc) is 3.23. The predicted octanol–water partition coefficient (Wildman–Crippen LogP) is 1.99. The third-order valence-corrected chi connectivity index (χ3v) is 5.35. The lowest BCUT2D eigenvalue weighted by Crippen LogP contribution is -2.50. The second-order valence-corrected chi connectivity index (χ2v) is 8.97. The lowest BCUT2D eigenvalue weighted by atomic mass is 10.0. The maximum Gasteiger partial charge on any atom is 0.410 e. The zero-order valence-electron chi connectivity index (χ0n) is 18.6. The van der Waals surface area contributed by atoms with Crippen molar-refractivity contribution < 1.29 is 28.8 Å². The minimum Gasteiger partial charge on any atom is -0.444 e. The van der Waals surface area contributed by atoms with Crippen molar-refractivity contribution in [2.75, 3.05) is 26.3 Å². The Hall–Kier alpha value is -2.59. The van der Waals surface area contributed by atoms with Crippen LogP contribution >= 0.6 is 0 Å². The van der Waals surface area contributed by atoms with Gasteiger partial charge >= 0.3 is 12.1 Å². The first-order valence-electron chi connectivity index (χ1n) is 10.6. The fourth-order valence-electron chi connectivity index (χ4n) is 4.07. The van der Waals surface area contributed by atoms with Gasteiger partial charge in [0.05, 0.1) is 31.8 Å². The lowest BCUT2D eigenvalue weighted by molar-refractivity contribution is -0.138. The highest BCUT2D eigenvalue weighted by atomic mass is 16.7. The van der Waals surface area contributed by atoms with Gasteiger partial charge in [0.25, 0.3) is 5.91 Å². The molecule has 4 amide bonds. The second-order valence-electron chi connectivity index (χ2n) is 8.97. The Morgan fingerprint density at radius 2 is 2.10 bits per heavy atom. The molecule has 0 unspecified atom stereocenters. The Morgan fingerprint density at radius 1 is 1.35 bits per heavy atom. The molecule has 0 aromatic rings. The molecule has 0 aliphatic carbocycles. The average molecular weight is 437 g/mol. The molecular weight excluding hydrogens is 404 g/mol. The van der Waals surface area contributed by atoms with Gasteiger partial charge in [-0.3, -0.25) is 14.5 Å². The van der Waals surface area contributed by atoms with E-state index in [4.69, 9.17) is 14.4 Å². The van der Waals surface area contributed by atoms with Gasteiger partial charge in [-0.05, 0) is 46.1 Å². The van der Waals surface area contributed by atoms with Gasteiger partial charge in [0.1, 0.15) is 11.6 Å². The standard InChI is InChI=1S/C21H32N4O6/c1-6-10-30-25-16-11-14(2)17(24(12-16)19(25)27)18(26)22-29-13-15-8-7-9-23(15)20(28)31-21(3,4)5/h6,11,15-17H,1,7-10,12-13H2,2-5H3,(H,22,26)/t15-,16+,17-/m0/s1. The van der Waals surface area contributed by atoms with Crippen molar-refractivity contribution >= 4 is 18.0 Å². The van der Waals surface area contributed by atoms with Crippen LogP contribution in [0.3, 0.4) is 0 Å². The summed E-state index contributed by atoms with van der Waals surface area (Å²) in [4.78, 5) is 51.8. The third kappa shape index (κ3) is 5.19. The molecule has 3 heterocycles. The first kappa shape index (κ1) is 23.1. The molecular formula is C21H32N4O6. The summed E-state index contributed by atoms with van der Waals surface area (Å²) in [5.41, 5.74) is 2.62. The van der Waals surface area contributed by atoms with Crippen LogP contribution in [0.25, 0.3) is 0 Å². The maximum atomic E-state index is 12.8. The van der Waals surface area contributed by atoms with Gasteiger partial charge in [0.15, 0.2) is 0 Å². The summed E-state index contributed by atoms with van der Waals surface area (Å²) in [6.45, 7) is 12.1. The van der Waals surface area contributed by atoms with Crippen LogP contribution in [0.1, 0.15) is 40.5 Å². The molecule has 31 heavy (non-hydrogen) atoms. The Bertz CT molecular complexity index is 761. The van der Waals surface area contributed by atoms with Gasteiger partial charge in [0.2, 0.25) is 0 Å². The van der Waals surface area contributed by atoms with E-state index in [0.29, 0.717) is 13.1 Å². The number of rotatable bonds is 7. The Balaban J connectivity index is 1.53. The smallest absolute Gasteiger partial charge is 0.410 e. The molecule has 2 fully saturated rings. The molecule has 3 rings (SSSR count). The maximum absolute atomic E-state index is 12.8. The highest BCUT2D eigenvalue weighted by Crippen LogP contribution is 2.29. The molecule has 10 heteroatoms. The van der Waals surface area contributed by atoms with E-state index >= 15 is 0 Å². The van der Waals surface area contributed by atoms with Crippen molar-refractivity contribution in [2.24, 2.45) is 0 Å². The van der Waals surface area contributed by atoms with Crippen molar-refractivity contribution in [1.82, 2.24) is 20.3 Å². The van der Waals surface area contributed by atoms with Crippen molar-refractivity contribution in [3.63, 3.8) is 0 Å². The SMILES string of the molecule is C=CCON1C(=O)N2C[C@H]1C=C(C)[C@H]2C(=O)NOC[C@@H]1CCCN1C(=O)OC(C)(C)C. The van der Waals surface area contributed by atoms with Crippen LogP contribution in [0.5, 0.6) is 0 Å². The van der Waals surface area contributed by atoms with Crippen LogP contribution in [0, 0.1) is 0 Å². The van der Waals surface area contributed by atoms with E-state index in [1.54, 1.807) is 17.9 Å². The predicted molar refractivity (Wildman–Crippen MR) is 111 cm³/mol. The molecule has 0 radical (unpaired) electrons. The number of ether oxygens (including phenoxy) is 1. The fraction of sp³-hybridized carbons (Fsp3) is 0.667. The normalized spacial score (nSPS) is 25.5. The number of carbonyl (C=O) groups is 3. The number of hydroxylamine groups is 3. The molecule has 0 saturated carbocycles. The van der Waals surface area contributed by atoms with E-state index in [9.17, 15) is 14.4 Å². The van der Waals surface area contributed by atoms with Gasteiger partial charge in [-0.25, -0.2) is 15.1 Å². The molecule has 3 aliphatic rings.